The summed E-state index contributed by atoms with van der Waals surface area (Å²) < 4.78 is 0. The first kappa shape index (κ1) is 11.4. The molecule has 0 saturated heterocycles. The van der Waals surface area contributed by atoms with Crippen molar-refractivity contribution in [3.05, 3.63) is 23.8 Å². The molecule has 0 aliphatic heterocycles. The number of nitrogen functional groups attached to an aromatic ring is 1. The lowest BCUT2D eigenvalue weighted by Crippen LogP contribution is -2.30. The normalized spacial score (nSPS) is 10.0. The van der Waals surface area contributed by atoms with Gasteiger partial charge in [0.1, 0.15) is 5.75 Å². The summed E-state index contributed by atoms with van der Waals surface area (Å²) in [6.45, 7) is 5.14. The Hall–Kier alpha value is -1.71. The number of phenolic OH excluding ortho intramolecular Hbond substituents is 1. The fourth-order valence-corrected chi connectivity index (χ4v) is 1.37. The quantitative estimate of drug-likeness (QED) is 0.583. The first-order chi connectivity index (χ1) is 7.10. The van der Waals surface area contributed by atoms with Crippen LogP contribution in [0.1, 0.15) is 24.2 Å². The topological polar surface area (TPSA) is 66.6 Å². The van der Waals surface area contributed by atoms with Gasteiger partial charge < -0.3 is 15.7 Å². The lowest BCUT2D eigenvalue weighted by Gasteiger charge is -2.18. The van der Waals surface area contributed by atoms with Gasteiger partial charge in [-0.3, -0.25) is 4.79 Å². The number of nitrogens with two attached hydrogens (primary N) is 1. The maximum Gasteiger partial charge on any atom is 0.253 e. The molecule has 1 aromatic rings. The number of rotatable bonds is 3. The monoisotopic (exact) mass is 208 g/mol. The van der Waals surface area contributed by atoms with Crippen LogP contribution in [0, 0.1) is 0 Å². The zero-order valence-electron chi connectivity index (χ0n) is 9.03. The highest BCUT2D eigenvalue weighted by molar-refractivity contribution is 5.95. The smallest absolute Gasteiger partial charge is 0.253 e. The molecule has 0 fully saturated rings. The lowest BCUT2D eigenvalue weighted by atomic mass is 10.1. The Bertz CT molecular complexity index is 360. The number of carbonyl (C=O) groups excluding carboxylic acids is 1. The number of aromatic hydroxyl groups is 1. The molecular formula is C11H16N2O2. The molecule has 4 heteroatoms. The van der Waals surface area contributed by atoms with Gasteiger partial charge in [0.05, 0.1) is 5.69 Å². The van der Waals surface area contributed by atoms with Crippen LogP contribution in [0.5, 0.6) is 5.75 Å². The third kappa shape index (κ3) is 2.40. The summed E-state index contributed by atoms with van der Waals surface area (Å²) in [5.74, 6) is -0.136. The molecule has 0 aliphatic carbocycles. The van der Waals surface area contributed by atoms with Gasteiger partial charge in [-0.2, -0.15) is 0 Å². The van der Waals surface area contributed by atoms with Crippen molar-refractivity contribution in [3.8, 4) is 5.75 Å². The SMILES string of the molecule is CCN(CC)C(=O)c1ccc(N)c(O)c1. The van der Waals surface area contributed by atoms with Crippen LogP contribution in [-0.2, 0) is 0 Å². The Morgan fingerprint density at radius 3 is 2.47 bits per heavy atom. The highest BCUT2D eigenvalue weighted by Gasteiger charge is 2.13. The van der Waals surface area contributed by atoms with Crippen LogP contribution in [-0.4, -0.2) is 29.0 Å². The van der Waals surface area contributed by atoms with E-state index in [1.165, 1.54) is 12.1 Å². The van der Waals surface area contributed by atoms with E-state index in [1.807, 2.05) is 13.8 Å². The molecule has 0 spiro atoms. The van der Waals surface area contributed by atoms with Gasteiger partial charge in [0, 0.05) is 18.7 Å². The standard InChI is InChI=1S/C11H16N2O2/c1-3-13(4-2)11(15)8-5-6-9(12)10(14)7-8/h5-7,14H,3-4,12H2,1-2H3. The predicted molar refractivity (Wildman–Crippen MR) is 59.8 cm³/mol. The molecule has 15 heavy (non-hydrogen) atoms. The van der Waals surface area contributed by atoms with Crippen molar-refractivity contribution in [2.75, 3.05) is 18.8 Å². The summed E-state index contributed by atoms with van der Waals surface area (Å²) in [6.07, 6.45) is 0. The predicted octanol–water partition coefficient (Wildman–Crippen LogP) is 1.46. The molecule has 0 aromatic heterocycles. The van der Waals surface area contributed by atoms with Crippen molar-refractivity contribution in [1.82, 2.24) is 4.90 Å². The molecule has 82 valence electrons. The van der Waals surface area contributed by atoms with E-state index in [9.17, 15) is 9.90 Å². The van der Waals surface area contributed by atoms with E-state index in [4.69, 9.17) is 5.73 Å². The number of phenols is 1. The van der Waals surface area contributed by atoms with Crippen LogP contribution in [0.15, 0.2) is 18.2 Å². The average Bonchev–Trinajstić information content (AvgIpc) is 2.23. The highest BCUT2D eigenvalue weighted by atomic mass is 16.3. The van der Waals surface area contributed by atoms with E-state index >= 15 is 0 Å². The van der Waals surface area contributed by atoms with Gasteiger partial charge in [-0.25, -0.2) is 0 Å². The molecule has 0 bridgehead atoms. The molecule has 0 saturated carbocycles. The van der Waals surface area contributed by atoms with E-state index < -0.39 is 0 Å². The Kier molecular flexibility index (Phi) is 3.55. The molecule has 0 heterocycles. The first-order valence-corrected chi connectivity index (χ1v) is 4.97. The number of benzene rings is 1. The van der Waals surface area contributed by atoms with Crippen LogP contribution in [0.3, 0.4) is 0 Å². The van der Waals surface area contributed by atoms with Crippen LogP contribution < -0.4 is 5.73 Å². The number of anilines is 1. The summed E-state index contributed by atoms with van der Waals surface area (Å²) in [5.41, 5.74) is 6.20. The van der Waals surface area contributed by atoms with Gasteiger partial charge in [0.15, 0.2) is 0 Å². The van der Waals surface area contributed by atoms with Crippen LogP contribution in [0.25, 0.3) is 0 Å². The van der Waals surface area contributed by atoms with E-state index in [-0.39, 0.29) is 17.3 Å². The Labute approximate surface area is 89.3 Å². The van der Waals surface area contributed by atoms with Gasteiger partial charge in [-0.1, -0.05) is 0 Å². The van der Waals surface area contributed by atoms with Gasteiger partial charge >= 0.3 is 0 Å². The van der Waals surface area contributed by atoms with Crippen molar-refractivity contribution >= 4 is 11.6 Å². The Morgan fingerprint density at radius 1 is 1.40 bits per heavy atom. The van der Waals surface area contributed by atoms with Gasteiger partial charge in [0.2, 0.25) is 0 Å². The molecule has 4 nitrogen and oxygen atoms in total. The molecule has 1 rings (SSSR count). The average molecular weight is 208 g/mol. The second-order valence-electron chi connectivity index (χ2n) is 3.25. The maximum absolute atomic E-state index is 11.8. The number of hydrogen-bond acceptors (Lipinski definition) is 3. The summed E-state index contributed by atoms with van der Waals surface area (Å²) in [4.78, 5) is 13.5. The Balaban J connectivity index is 2.96. The molecule has 0 unspecified atom stereocenters. The highest BCUT2D eigenvalue weighted by Crippen LogP contribution is 2.21. The molecular weight excluding hydrogens is 192 g/mol. The first-order valence-electron chi connectivity index (χ1n) is 4.97. The second kappa shape index (κ2) is 4.68. The molecule has 0 atom stereocenters. The van der Waals surface area contributed by atoms with Crippen molar-refractivity contribution in [2.45, 2.75) is 13.8 Å². The number of amides is 1. The van der Waals surface area contributed by atoms with Crippen molar-refractivity contribution < 1.29 is 9.90 Å². The summed E-state index contributed by atoms with van der Waals surface area (Å²) >= 11 is 0. The Morgan fingerprint density at radius 2 is 2.00 bits per heavy atom. The zero-order valence-corrected chi connectivity index (χ0v) is 9.03. The zero-order chi connectivity index (χ0) is 11.4. The summed E-state index contributed by atoms with van der Waals surface area (Å²) in [6, 6.07) is 4.55. The molecule has 0 radical (unpaired) electrons. The summed E-state index contributed by atoms with van der Waals surface area (Å²) in [7, 11) is 0. The van der Waals surface area contributed by atoms with Gasteiger partial charge in [-0.05, 0) is 32.0 Å². The van der Waals surface area contributed by atoms with Gasteiger partial charge in [0.25, 0.3) is 5.91 Å². The molecule has 1 aromatic carbocycles. The van der Waals surface area contributed by atoms with E-state index in [0.717, 1.165) is 0 Å². The van der Waals surface area contributed by atoms with E-state index in [0.29, 0.717) is 18.7 Å². The number of nitrogens with zero attached hydrogens (tertiary/aromatic N) is 1. The van der Waals surface area contributed by atoms with Crippen molar-refractivity contribution in [1.29, 1.82) is 0 Å². The fraction of sp³-hybridized carbons (Fsp3) is 0.364. The number of carbonyl (C=O) groups is 1. The van der Waals surface area contributed by atoms with Crippen molar-refractivity contribution in [3.63, 3.8) is 0 Å². The number of hydrogen-bond donors (Lipinski definition) is 2. The van der Waals surface area contributed by atoms with E-state index in [2.05, 4.69) is 0 Å². The molecule has 0 aliphatic rings. The second-order valence-corrected chi connectivity index (χ2v) is 3.25. The third-order valence-electron chi connectivity index (χ3n) is 2.33. The molecule has 3 N–H and O–H groups in total. The van der Waals surface area contributed by atoms with Crippen LogP contribution in [0.2, 0.25) is 0 Å². The fourth-order valence-electron chi connectivity index (χ4n) is 1.37. The van der Waals surface area contributed by atoms with Crippen LogP contribution in [0.4, 0.5) is 5.69 Å². The molecule has 1 amide bonds. The van der Waals surface area contributed by atoms with E-state index in [1.54, 1.807) is 11.0 Å². The minimum Gasteiger partial charge on any atom is -0.506 e. The third-order valence-corrected chi connectivity index (χ3v) is 2.33. The minimum absolute atomic E-state index is 0.0481. The van der Waals surface area contributed by atoms with Gasteiger partial charge in [-0.15, -0.1) is 0 Å². The lowest BCUT2D eigenvalue weighted by molar-refractivity contribution is 0.0772. The minimum atomic E-state index is -0.0877. The largest absolute Gasteiger partial charge is 0.506 e. The van der Waals surface area contributed by atoms with Crippen molar-refractivity contribution in [2.24, 2.45) is 0 Å². The summed E-state index contributed by atoms with van der Waals surface area (Å²) in [5, 5.41) is 9.38. The maximum atomic E-state index is 11.8. The van der Waals surface area contributed by atoms with Crippen LogP contribution >= 0.6 is 0 Å².